The van der Waals surface area contributed by atoms with Crippen LogP contribution in [0.15, 0.2) is 35.4 Å². The summed E-state index contributed by atoms with van der Waals surface area (Å²) in [5, 5.41) is 31.9. The Morgan fingerprint density at radius 2 is 1.85 bits per heavy atom. The molecule has 2 N–H and O–H groups in total. The first-order valence-electron chi connectivity index (χ1n) is 13.8. The lowest BCUT2D eigenvalue weighted by atomic mass is 10.0. The van der Waals surface area contributed by atoms with E-state index in [9.17, 15) is 34.7 Å². The molecule has 4 heterocycles. The molecule has 0 bridgehead atoms. The molecule has 0 aliphatic carbocycles. The van der Waals surface area contributed by atoms with Gasteiger partial charge in [-0.15, -0.1) is 0 Å². The Morgan fingerprint density at radius 3 is 2.46 bits per heavy atom. The van der Waals surface area contributed by atoms with E-state index in [0.717, 1.165) is 26.5 Å². The van der Waals surface area contributed by atoms with Gasteiger partial charge < -0.3 is 24.7 Å². The number of rotatable bonds is 7. The number of hydrogen-bond donors (Lipinski definition) is 2. The first-order valence-corrected chi connectivity index (χ1v) is 13.8. The van der Waals surface area contributed by atoms with E-state index < -0.39 is 81.6 Å². The number of methoxy groups -OCH3 is 1. The maximum Gasteiger partial charge on any atom is 0.407 e. The van der Waals surface area contributed by atoms with Crippen molar-refractivity contribution < 1.29 is 38.2 Å². The number of aromatic nitrogens is 4. The van der Waals surface area contributed by atoms with Gasteiger partial charge in [0.25, 0.3) is 0 Å². The van der Waals surface area contributed by atoms with Gasteiger partial charge in [-0.2, -0.15) is 0 Å². The Hall–Kier alpha value is -5.74. The van der Waals surface area contributed by atoms with Crippen molar-refractivity contribution in [3.63, 3.8) is 0 Å². The van der Waals surface area contributed by atoms with Gasteiger partial charge in [-0.3, -0.25) is 19.5 Å². The molecule has 1 aromatic carbocycles. The van der Waals surface area contributed by atoms with E-state index >= 15 is 8.78 Å². The lowest BCUT2D eigenvalue weighted by Crippen LogP contribution is -2.58. The molecule has 0 spiro atoms. The second kappa shape index (κ2) is 12.0. The van der Waals surface area contributed by atoms with Crippen LogP contribution in [0, 0.1) is 28.7 Å². The molecular weight excluding hydrogens is 612 g/mol. The Labute approximate surface area is 258 Å². The fourth-order valence-corrected chi connectivity index (χ4v) is 5.62. The summed E-state index contributed by atoms with van der Waals surface area (Å²) in [6, 6.07) is 2.84. The lowest BCUT2D eigenvalue weighted by molar-refractivity contribution is -0.385. The van der Waals surface area contributed by atoms with E-state index in [1.54, 1.807) is 13.8 Å². The van der Waals surface area contributed by atoms with Crippen molar-refractivity contribution in [1.29, 1.82) is 0 Å². The number of carboxylic acids is 1. The average molecular weight is 640 g/mol. The van der Waals surface area contributed by atoms with Crippen LogP contribution in [0.25, 0.3) is 28.0 Å². The molecule has 1 aliphatic heterocycles. The number of benzene rings is 1. The van der Waals surface area contributed by atoms with E-state index in [4.69, 9.17) is 4.74 Å². The SMILES string of the molecule is COc1cccc(F)c1-c1nc2c(cc1F)c(N1CCN(C(=O)O)C[C@@H]1C(=O)O)c([N+](=O)[O-])c(=O)n2-c1c(C)ncnc1C(C)C. The van der Waals surface area contributed by atoms with Crippen molar-refractivity contribution in [2.45, 2.75) is 32.7 Å². The summed E-state index contributed by atoms with van der Waals surface area (Å²) in [5.74, 6) is -4.09. The molecule has 3 aromatic heterocycles. The van der Waals surface area contributed by atoms with Gasteiger partial charge in [-0.25, -0.2) is 33.3 Å². The molecule has 1 fully saturated rings. The third kappa shape index (κ3) is 5.18. The summed E-state index contributed by atoms with van der Waals surface area (Å²) in [4.78, 5) is 64.7. The molecule has 4 aromatic rings. The van der Waals surface area contributed by atoms with Crippen LogP contribution in [0.2, 0.25) is 0 Å². The quantitative estimate of drug-likeness (QED) is 0.220. The number of aryl methyl sites for hydroxylation is 1. The third-order valence-electron chi connectivity index (χ3n) is 7.69. The van der Waals surface area contributed by atoms with Crippen LogP contribution in [-0.4, -0.2) is 84.4 Å². The van der Waals surface area contributed by atoms with Crippen LogP contribution in [0.4, 0.5) is 25.0 Å². The predicted octanol–water partition coefficient (Wildman–Crippen LogP) is 3.72. The second-order valence-corrected chi connectivity index (χ2v) is 10.7. The number of piperazine rings is 1. The maximum absolute atomic E-state index is 16.1. The fourth-order valence-electron chi connectivity index (χ4n) is 5.62. The second-order valence-electron chi connectivity index (χ2n) is 10.7. The molecule has 1 atom stereocenters. The number of carboxylic acid groups (broad SMARTS) is 2. The van der Waals surface area contributed by atoms with Gasteiger partial charge in [-0.05, 0) is 31.0 Å². The molecule has 0 saturated carbocycles. The minimum Gasteiger partial charge on any atom is -0.496 e. The summed E-state index contributed by atoms with van der Waals surface area (Å²) in [6.45, 7) is 3.72. The van der Waals surface area contributed by atoms with Gasteiger partial charge in [0.05, 0.1) is 46.6 Å². The molecule has 0 radical (unpaired) electrons. The number of amides is 1. The maximum atomic E-state index is 16.1. The van der Waals surface area contributed by atoms with Gasteiger partial charge in [-0.1, -0.05) is 19.9 Å². The third-order valence-corrected chi connectivity index (χ3v) is 7.69. The minimum atomic E-state index is -1.70. The van der Waals surface area contributed by atoms with Crippen LogP contribution in [0.1, 0.15) is 31.2 Å². The van der Waals surface area contributed by atoms with Crippen molar-refractivity contribution in [1.82, 2.24) is 24.4 Å². The molecule has 46 heavy (non-hydrogen) atoms. The van der Waals surface area contributed by atoms with Crippen LogP contribution in [0.3, 0.4) is 0 Å². The average Bonchev–Trinajstić information content (AvgIpc) is 3.00. The Morgan fingerprint density at radius 1 is 1.13 bits per heavy atom. The van der Waals surface area contributed by atoms with Crippen LogP contribution in [0.5, 0.6) is 5.75 Å². The number of carbonyl (C=O) groups is 2. The summed E-state index contributed by atoms with van der Waals surface area (Å²) in [6.07, 6.45) is -0.176. The smallest absolute Gasteiger partial charge is 0.407 e. The number of anilines is 1. The fraction of sp³-hybridized carbons (Fsp3) is 0.310. The Bertz CT molecular complexity index is 1980. The van der Waals surface area contributed by atoms with Crippen LogP contribution in [-0.2, 0) is 4.79 Å². The first kappa shape index (κ1) is 31.7. The number of halogens is 2. The van der Waals surface area contributed by atoms with E-state index in [-0.39, 0.29) is 40.7 Å². The zero-order valence-electron chi connectivity index (χ0n) is 24.9. The van der Waals surface area contributed by atoms with Crippen molar-refractivity contribution in [3.8, 4) is 22.7 Å². The summed E-state index contributed by atoms with van der Waals surface area (Å²) >= 11 is 0. The summed E-state index contributed by atoms with van der Waals surface area (Å²) < 4.78 is 37.5. The molecule has 1 amide bonds. The highest BCUT2D eigenvalue weighted by Gasteiger charge is 2.41. The predicted molar refractivity (Wildman–Crippen MR) is 159 cm³/mol. The minimum absolute atomic E-state index is 0.0122. The Balaban J connectivity index is 2.00. The number of fused-ring (bicyclic) bond motifs is 1. The normalized spacial score (nSPS) is 15.0. The van der Waals surface area contributed by atoms with E-state index in [1.807, 2.05) is 0 Å². The van der Waals surface area contributed by atoms with E-state index in [1.165, 1.54) is 32.5 Å². The number of pyridine rings is 2. The number of aliphatic carboxylic acids is 1. The molecule has 0 unspecified atom stereocenters. The zero-order chi connectivity index (χ0) is 33.6. The molecule has 5 rings (SSSR count). The highest BCUT2D eigenvalue weighted by atomic mass is 19.1. The van der Waals surface area contributed by atoms with Crippen LogP contribution >= 0.6 is 0 Å². The molecule has 15 nitrogen and oxygen atoms in total. The molecule has 1 aliphatic rings. The molecule has 17 heteroatoms. The zero-order valence-corrected chi connectivity index (χ0v) is 24.9. The topological polar surface area (TPSA) is 194 Å². The highest BCUT2D eigenvalue weighted by Crippen LogP contribution is 2.41. The van der Waals surface area contributed by atoms with E-state index in [0.29, 0.717) is 0 Å². The van der Waals surface area contributed by atoms with Crippen molar-refractivity contribution >= 4 is 34.5 Å². The number of nitrogens with zero attached hydrogens (tertiary/aromatic N) is 7. The number of hydrogen-bond acceptors (Lipinski definition) is 10. The largest absolute Gasteiger partial charge is 0.496 e. The monoisotopic (exact) mass is 639 g/mol. The van der Waals surface area contributed by atoms with Crippen LogP contribution < -0.4 is 15.2 Å². The Kier molecular flexibility index (Phi) is 8.25. The standard InChI is InChI=1S/C29H27F2N7O8/c1-13(2)21-23(14(3)32-12-33-21)37-26-15(10-17(31)22(34-26)20-16(30)6-5-7-19(20)46-4)24(25(27(37)39)38(44)45)36-9-8-35(29(42)43)11-18(36)28(40)41/h5-7,10,12-13,18H,8-9,11H2,1-4H3,(H,40,41)(H,42,43)/t18-/m1/s1. The first-order chi connectivity index (χ1) is 21.8. The van der Waals surface area contributed by atoms with Crippen molar-refractivity contribution in [2.24, 2.45) is 0 Å². The van der Waals surface area contributed by atoms with Gasteiger partial charge >= 0.3 is 23.3 Å². The lowest BCUT2D eigenvalue weighted by Gasteiger charge is -2.39. The van der Waals surface area contributed by atoms with Crippen molar-refractivity contribution in [3.05, 3.63) is 74.1 Å². The van der Waals surface area contributed by atoms with Gasteiger partial charge in [0, 0.05) is 13.1 Å². The molecule has 1 saturated heterocycles. The molecule has 240 valence electrons. The molecular formula is C29H27F2N7O8. The van der Waals surface area contributed by atoms with Gasteiger partial charge in [0.1, 0.15) is 35.3 Å². The van der Waals surface area contributed by atoms with Gasteiger partial charge in [0.2, 0.25) is 0 Å². The van der Waals surface area contributed by atoms with Crippen molar-refractivity contribution in [2.75, 3.05) is 31.6 Å². The summed E-state index contributed by atoms with van der Waals surface area (Å²) in [7, 11) is 1.23. The summed E-state index contributed by atoms with van der Waals surface area (Å²) in [5.41, 5.74) is -3.85. The number of nitro groups is 1. The highest BCUT2D eigenvalue weighted by molar-refractivity contribution is 5.99. The number of ether oxygens (including phenoxy) is 1. The van der Waals surface area contributed by atoms with E-state index in [2.05, 4.69) is 15.0 Å². The van der Waals surface area contributed by atoms with Gasteiger partial charge in [0.15, 0.2) is 11.5 Å².